The van der Waals surface area contributed by atoms with Gasteiger partial charge in [0, 0.05) is 25.9 Å². The largest absolute Gasteiger partial charge is 0.494 e. The molecule has 0 aliphatic rings. The molecule has 2 amide bonds. The lowest BCUT2D eigenvalue weighted by atomic mass is 10.1. The molecule has 0 saturated heterocycles. The van der Waals surface area contributed by atoms with Crippen molar-refractivity contribution in [3.63, 3.8) is 0 Å². The van der Waals surface area contributed by atoms with Crippen LogP contribution >= 0.6 is 11.3 Å². The predicted octanol–water partition coefficient (Wildman–Crippen LogP) is 3.89. The number of thiazole rings is 1. The topological polar surface area (TPSA) is 89.6 Å². The van der Waals surface area contributed by atoms with Crippen LogP contribution in [0.1, 0.15) is 36.8 Å². The second-order valence-electron chi connectivity index (χ2n) is 7.68. The maximum absolute atomic E-state index is 12.2. The number of methoxy groups -OCH3 is 2. The Labute approximate surface area is 198 Å². The van der Waals surface area contributed by atoms with Crippen LogP contribution in [0.3, 0.4) is 0 Å². The molecule has 33 heavy (non-hydrogen) atoms. The van der Waals surface area contributed by atoms with Crippen LogP contribution in [-0.4, -0.2) is 44.1 Å². The van der Waals surface area contributed by atoms with E-state index < -0.39 is 0 Å². The second-order valence-corrected chi connectivity index (χ2v) is 8.64. The molecule has 1 aromatic heterocycles. The van der Waals surface area contributed by atoms with Gasteiger partial charge in [-0.3, -0.25) is 9.59 Å². The molecule has 0 radical (unpaired) electrons. The van der Waals surface area contributed by atoms with Gasteiger partial charge in [-0.05, 0) is 42.9 Å². The Bertz CT molecular complexity index is 1050. The van der Waals surface area contributed by atoms with Crippen LogP contribution < -0.4 is 20.1 Å². The number of unbranched alkanes of at least 4 members (excludes halogenated alkanes) is 1. The molecule has 0 bridgehead atoms. The number of ether oxygens (including phenoxy) is 2. The first kappa shape index (κ1) is 24.5. The molecule has 0 fully saturated rings. The molecule has 0 atom stereocenters. The fourth-order valence-corrected chi connectivity index (χ4v) is 4.48. The highest BCUT2D eigenvalue weighted by Gasteiger charge is 2.13. The first-order valence-corrected chi connectivity index (χ1v) is 12.0. The third-order valence-electron chi connectivity index (χ3n) is 5.32. The van der Waals surface area contributed by atoms with Crippen LogP contribution in [-0.2, 0) is 22.4 Å². The number of amides is 2. The Kier molecular flexibility index (Phi) is 9.50. The maximum Gasteiger partial charge on any atom is 0.274 e. The van der Waals surface area contributed by atoms with Crippen molar-refractivity contribution < 1.29 is 19.1 Å². The number of nitrogens with zero attached hydrogens (tertiary/aromatic N) is 1. The van der Waals surface area contributed by atoms with Crippen molar-refractivity contribution in [1.82, 2.24) is 15.6 Å². The number of hydrogen-bond acceptors (Lipinski definition) is 6. The van der Waals surface area contributed by atoms with Crippen molar-refractivity contribution >= 4 is 33.4 Å². The third-order valence-corrected chi connectivity index (χ3v) is 6.41. The van der Waals surface area contributed by atoms with E-state index in [-0.39, 0.29) is 11.8 Å². The molecule has 7 nitrogen and oxygen atoms in total. The Hall–Kier alpha value is -3.13. The fraction of sp³-hybridized carbons (Fsp3) is 0.400. The average molecular weight is 470 g/mol. The Balaban J connectivity index is 1.32. The maximum atomic E-state index is 12.2. The number of aromatic nitrogens is 1. The van der Waals surface area contributed by atoms with E-state index in [2.05, 4.69) is 27.8 Å². The molecule has 0 unspecified atom stereocenters. The van der Waals surface area contributed by atoms with Crippen LogP contribution in [0.15, 0.2) is 42.5 Å². The summed E-state index contributed by atoms with van der Waals surface area (Å²) in [6, 6.07) is 14.0. The lowest BCUT2D eigenvalue weighted by Crippen LogP contribution is -2.26. The van der Waals surface area contributed by atoms with Crippen LogP contribution in [0.2, 0.25) is 0 Å². The second kappa shape index (κ2) is 12.8. The van der Waals surface area contributed by atoms with Gasteiger partial charge in [-0.1, -0.05) is 47.7 Å². The van der Waals surface area contributed by atoms with Gasteiger partial charge in [-0.2, -0.15) is 4.98 Å². The number of fused-ring (bicyclic) bond motifs is 1. The first-order chi connectivity index (χ1) is 16.1. The lowest BCUT2D eigenvalue weighted by molar-refractivity contribution is -0.123. The minimum absolute atomic E-state index is 0.00567. The normalized spacial score (nSPS) is 10.7. The number of hydrogen-bond donors (Lipinski definition) is 2. The van der Waals surface area contributed by atoms with Crippen molar-refractivity contribution in [3.05, 3.63) is 53.6 Å². The van der Waals surface area contributed by atoms with Crippen LogP contribution in [0.5, 0.6) is 10.9 Å². The third kappa shape index (κ3) is 7.46. The van der Waals surface area contributed by atoms with Gasteiger partial charge in [0.05, 0.1) is 18.9 Å². The minimum atomic E-state index is 0.00567. The Morgan fingerprint density at radius 2 is 1.55 bits per heavy atom. The fourth-order valence-electron chi connectivity index (χ4n) is 3.54. The summed E-state index contributed by atoms with van der Waals surface area (Å²) in [7, 11) is 3.22. The van der Waals surface area contributed by atoms with E-state index in [9.17, 15) is 9.59 Å². The van der Waals surface area contributed by atoms with E-state index >= 15 is 0 Å². The van der Waals surface area contributed by atoms with Gasteiger partial charge in [0.2, 0.25) is 11.8 Å². The van der Waals surface area contributed by atoms with Crippen LogP contribution in [0, 0.1) is 0 Å². The van der Waals surface area contributed by atoms with Gasteiger partial charge in [-0.15, -0.1) is 0 Å². The van der Waals surface area contributed by atoms with Crippen molar-refractivity contribution in [1.29, 1.82) is 0 Å². The molecule has 0 saturated carbocycles. The zero-order valence-corrected chi connectivity index (χ0v) is 20.0. The SMILES string of the molecule is COc1nc2c(OC)ccc(CCNC(=O)CCCCC(=O)NCCc3ccccc3)c2s1. The Morgan fingerprint density at radius 3 is 2.18 bits per heavy atom. The van der Waals surface area contributed by atoms with Gasteiger partial charge in [0.1, 0.15) is 11.3 Å². The summed E-state index contributed by atoms with van der Waals surface area (Å²) in [5.74, 6) is 0.752. The van der Waals surface area contributed by atoms with Crippen molar-refractivity contribution in [3.8, 4) is 10.9 Å². The highest BCUT2D eigenvalue weighted by Crippen LogP contribution is 2.36. The zero-order valence-electron chi connectivity index (χ0n) is 19.2. The molecule has 2 N–H and O–H groups in total. The molecule has 8 heteroatoms. The molecule has 0 aliphatic carbocycles. The van der Waals surface area contributed by atoms with Gasteiger partial charge >= 0.3 is 0 Å². The molecule has 176 valence electrons. The molecular formula is C25H31N3O4S. The van der Waals surface area contributed by atoms with Gasteiger partial charge in [-0.25, -0.2) is 0 Å². The number of benzene rings is 2. The van der Waals surface area contributed by atoms with Crippen molar-refractivity contribution in [2.75, 3.05) is 27.3 Å². The van der Waals surface area contributed by atoms with E-state index in [1.54, 1.807) is 14.2 Å². The smallest absolute Gasteiger partial charge is 0.274 e. The van der Waals surface area contributed by atoms with E-state index in [1.807, 2.05) is 30.3 Å². The molecule has 3 aromatic rings. The quantitative estimate of drug-likeness (QED) is 0.371. The summed E-state index contributed by atoms with van der Waals surface area (Å²) < 4.78 is 11.7. The van der Waals surface area contributed by atoms with E-state index in [0.29, 0.717) is 56.1 Å². The van der Waals surface area contributed by atoms with Gasteiger partial charge < -0.3 is 20.1 Å². The predicted molar refractivity (Wildman–Crippen MR) is 131 cm³/mol. The Morgan fingerprint density at radius 1 is 0.879 bits per heavy atom. The number of rotatable bonds is 13. The minimum Gasteiger partial charge on any atom is -0.494 e. The van der Waals surface area contributed by atoms with Crippen LogP contribution in [0.4, 0.5) is 0 Å². The summed E-state index contributed by atoms with van der Waals surface area (Å²) >= 11 is 1.47. The first-order valence-electron chi connectivity index (χ1n) is 11.2. The summed E-state index contributed by atoms with van der Waals surface area (Å²) in [5, 5.41) is 6.49. The monoisotopic (exact) mass is 469 g/mol. The van der Waals surface area contributed by atoms with E-state index in [4.69, 9.17) is 9.47 Å². The summed E-state index contributed by atoms with van der Waals surface area (Å²) in [6.45, 7) is 1.17. The molecular weight excluding hydrogens is 438 g/mol. The van der Waals surface area contributed by atoms with Crippen molar-refractivity contribution in [2.45, 2.75) is 38.5 Å². The lowest BCUT2D eigenvalue weighted by Gasteiger charge is -2.08. The van der Waals surface area contributed by atoms with E-state index in [1.165, 1.54) is 16.9 Å². The number of carbonyl (C=O) groups is 2. The van der Waals surface area contributed by atoms with Gasteiger partial charge in [0.15, 0.2) is 0 Å². The standard InChI is InChI=1S/C25H31N3O4S/c1-31-20-13-12-19(24-23(20)28-25(32-2)33-24)15-17-27-22(30)11-7-6-10-21(29)26-16-14-18-8-4-3-5-9-18/h3-5,8-9,12-13H,6-7,10-11,14-17H2,1-2H3,(H,26,29)(H,27,30). The average Bonchev–Trinajstić information content (AvgIpc) is 3.28. The summed E-state index contributed by atoms with van der Waals surface area (Å²) in [5.41, 5.74) is 3.09. The molecule has 0 aliphatic heterocycles. The highest BCUT2D eigenvalue weighted by atomic mass is 32.1. The highest BCUT2D eigenvalue weighted by molar-refractivity contribution is 7.20. The van der Waals surface area contributed by atoms with Gasteiger partial charge in [0.25, 0.3) is 5.19 Å². The molecule has 2 aromatic carbocycles. The van der Waals surface area contributed by atoms with Crippen molar-refractivity contribution in [2.24, 2.45) is 0 Å². The van der Waals surface area contributed by atoms with Crippen LogP contribution in [0.25, 0.3) is 10.2 Å². The molecule has 3 rings (SSSR count). The summed E-state index contributed by atoms with van der Waals surface area (Å²) in [6.07, 6.45) is 3.77. The summed E-state index contributed by atoms with van der Waals surface area (Å²) in [4.78, 5) is 28.6. The number of carbonyl (C=O) groups excluding carboxylic acids is 2. The van der Waals surface area contributed by atoms with E-state index in [0.717, 1.165) is 22.2 Å². The number of nitrogens with one attached hydrogen (secondary N) is 2. The zero-order chi connectivity index (χ0) is 23.5. The molecule has 0 spiro atoms. The molecule has 1 heterocycles.